The molecule has 33 heavy (non-hydrogen) atoms. The lowest BCUT2D eigenvalue weighted by atomic mass is 10.0. The van der Waals surface area contributed by atoms with Gasteiger partial charge in [0.25, 0.3) is 10.0 Å². The highest BCUT2D eigenvalue weighted by molar-refractivity contribution is 7.92. The van der Waals surface area contributed by atoms with Gasteiger partial charge in [0, 0.05) is 24.1 Å². The summed E-state index contributed by atoms with van der Waals surface area (Å²) in [6.45, 7) is 1.78. The highest BCUT2D eigenvalue weighted by Gasteiger charge is 2.17. The molecule has 1 amide bonds. The molecule has 0 saturated heterocycles. The van der Waals surface area contributed by atoms with Gasteiger partial charge in [-0.05, 0) is 73.2 Å². The summed E-state index contributed by atoms with van der Waals surface area (Å²) in [6.07, 6.45) is 3.35. The third-order valence-electron chi connectivity index (χ3n) is 5.82. The Labute approximate surface area is 194 Å². The SMILES string of the molecule is Cc1ccc(NC(=O)CCC(=O)c2ccc3c(c2)CCC3)cc1NS(=O)(=O)c1ccccc1. The maximum Gasteiger partial charge on any atom is 0.261 e. The molecule has 0 fully saturated rings. The summed E-state index contributed by atoms with van der Waals surface area (Å²) < 4.78 is 27.8. The zero-order valence-electron chi connectivity index (χ0n) is 18.4. The van der Waals surface area contributed by atoms with Gasteiger partial charge in [0.1, 0.15) is 0 Å². The molecule has 0 spiro atoms. The minimum atomic E-state index is -3.75. The fourth-order valence-corrected chi connectivity index (χ4v) is 5.10. The van der Waals surface area contributed by atoms with Crippen LogP contribution in [0.25, 0.3) is 0 Å². The molecule has 0 aliphatic heterocycles. The van der Waals surface area contributed by atoms with E-state index in [1.807, 2.05) is 18.2 Å². The molecule has 6 nitrogen and oxygen atoms in total. The van der Waals surface area contributed by atoms with Crippen molar-refractivity contribution in [2.45, 2.75) is 43.9 Å². The molecular weight excluding hydrogens is 436 g/mol. The van der Waals surface area contributed by atoms with Gasteiger partial charge in [-0.1, -0.05) is 36.4 Å². The van der Waals surface area contributed by atoms with Gasteiger partial charge >= 0.3 is 0 Å². The van der Waals surface area contributed by atoms with E-state index < -0.39 is 10.0 Å². The Balaban J connectivity index is 1.38. The van der Waals surface area contributed by atoms with Gasteiger partial charge in [-0.3, -0.25) is 14.3 Å². The van der Waals surface area contributed by atoms with Crippen LogP contribution in [0.15, 0.2) is 71.6 Å². The summed E-state index contributed by atoms with van der Waals surface area (Å²) in [7, 11) is -3.75. The van der Waals surface area contributed by atoms with Gasteiger partial charge in [-0.2, -0.15) is 0 Å². The first-order valence-electron chi connectivity index (χ1n) is 11.0. The summed E-state index contributed by atoms with van der Waals surface area (Å²) >= 11 is 0. The molecule has 0 unspecified atom stereocenters. The van der Waals surface area contributed by atoms with Crippen molar-refractivity contribution in [3.8, 4) is 0 Å². The number of amides is 1. The Morgan fingerprint density at radius 2 is 1.64 bits per heavy atom. The number of sulfonamides is 1. The van der Waals surface area contributed by atoms with Crippen LogP contribution < -0.4 is 10.0 Å². The van der Waals surface area contributed by atoms with Crippen molar-refractivity contribution < 1.29 is 18.0 Å². The topological polar surface area (TPSA) is 92.3 Å². The number of aryl methyl sites for hydroxylation is 3. The monoisotopic (exact) mass is 462 g/mol. The second-order valence-corrected chi connectivity index (χ2v) is 9.94. The van der Waals surface area contributed by atoms with E-state index >= 15 is 0 Å². The van der Waals surface area contributed by atoms with E-state index in [2.05, 4.69) is 10.0 Å². The number of hydrogen-bond donors (Lipinski definition) is 2. The first kappa shape index (κ1) is 22.7. The maximum atomic E-state index is 12.6. The Hall–Kier alpha value is -3.45. The summed E-state index contributed by atoms with van der Waals surface area (Å²) in [6, 6.07) is 18.9. The van der Waals surface area contributed by atoms with Crippen molar-refractivity contribution in [3.05, 3.63) is 89.0 Å². The molecule has 3 aromatic carbocycles. The van der Waals surface area contributed by atoms with Crippen molar-refractivity contribution in [1.82, 2.24) is 0 Å². The van der Waals surface area contributed by atoms with E-state index in [-0.39, 0.29) is 29.4 Å². The zero-order valence-corrected chi connectivity index (χ0v) is 19.2. The predicted octanol–water partition coefficient (Wildman–Crippen LogP) is 4.89. The summed E-state index contributed by atoms with van der Waals surface area (Å²) in [4.78, 5) is 25.1. The normalized spacial score (nSPS) is 12.8. The van der Waals surface area contributed by atoms with Gasteiger partial charge in [0.15, 0.2) is 5.78 Å². The summed E-state index contributed by atoms with van der Waals surface area (Å²) in [5.74, 6) is -0.356. The molecule has 0 aromatic heterocycles. The van der Waals surface area contributed by atoms with Crippen LogP contribution in [0.1, 0.15) is 46.3 Å². The molecule has 0 heterocycles. The smallest absolute Gasteiger partial charge is 0.261 e. The van der Waals surface area contributed by atoms with Gasteiger partial charge in [-0.15, -0.1) is 0 Å². The Kier molecular flexibility index (Phi) is 6.60. The van der Waals surface area contributed by atoms with Gasteiger partial charge in [0.2, 0.25) is 5.91 Å². The number of ketones is 1. The standard InChI is InChI=1S/C26H26N2O4S/c1-18-10-13-22(17-24(18)28-33(31,32)23-8-3-2-4-9-23)27-26(30)15-14-25(29)21-12-11-19-6-5-7-20(19)16-21/h2-4,8-13,16-17,28H,5-7,14-15H2,1H3,(H,27,30). The minimum Gasteiger partial charge on any atom is -0.326 e. The number of carbonyl (C=O) groups is 2. The third kappa shape index (κ3) is 5.49. The van der Waals surface area contributed by atoms with Gasteiger partial charge in [0.05, 0.1) is 10.6 Å². The molecule has 1 aliphatic carbocycles. The van der Waals surface area contributed by atoms with Crippen molar-refractivity contribution in [1.29, 1.82) is 0 Å². The number of fused-ring (bicyclic) bond motifs is 1. The van der Waals surface area contributed by atoms with E-state index in [9.17, 15) is 18.0 Å². The lowest BCUT2D eigenvalue weighted by molar-refractivity contribution is -0.116. The molecule has 0 atom stereocenters. The van der Waals surface area contributed by atoms with Crippen molar-refractivity contribution in [2.75, 3.05) is 10.0 Å². The number of rotatable bonds is 8. The first-order chi connectivity index (χ1) is 15.8. The molecule has 0 bridgehead atoms. The van der Waals surface area contributed by atoms with Crippen LogP contribution in [0.4, 0.5) is 11.4 Å². The molecule has 4 rings (SSSR count). The predicted molar refractivity (Wildman–Crippen MR) is 129 cm³/mol. The highest BCUT2D eigenvalue weighted by atomic mass is 32.2. The molecular formula is C26H26N2O4S. The van der Waals surface area contributed by atoms with Crippen LogP contribution in [0.5, 0.6) is 0 Å². The Bertz CT molecular complexity index is 1300. The van der Waals surface area contributed by atoms with E-state index in [0.717, 1.165) is 24.8 Å². The van der Waals surface area contributed by atoms with Crippen LogP contribution in [0.2, 0.25) is 0 Å². The van der Waals surface area contributed by atoms with E-state index in [1.165, 1.54) is 23.3 Å². The lowest BCUT2D eigenvalue weighted by Gasteiger charge is -2.13. The van der Waals surface area contributed by atoms with Crippen LogP contribution in [0, 0.1) is 6.92 Å². The van der Waals surface area contributed by atoms with E-state index in [1.54, 1.807) is 43.3 Å². The molecule has 3 aromatic rings. The quantitative estimate of drug-likeness (QED) is 0.467. The fraction of sp³-hybridized carbons (Fsp3) is 0.231. The molecule has 0 saturated carbocycles. The molecule has 1 aliphatic rings. The molecule has 0 radical (unpaired) electrons. The van der Waals surface area contributed by atoms with Crippen LogP contribution in [-0.4, -0.2) is 20.1 Å². The van der Waals surface area contributed by atoms with Crippen LogP contribution in [0.3, 0.4) is 0 Å². The van der Waals surface area contributed by atoms with Crippen LogP contribution in [-0.2, 0) is 27.7 Å². The number of hydrogen-bond acceptors (Lipinski definition) is 4. The number of benzene rings is 3. The second kappa shape index (κ2) is 9.58. The van der Waals surface area contributed by atoms with Gasteiger partial charge in [-0.25, -0.2) is 8.42 Å². The second-order valence-electron chi connectivity index (χ2n) is 8.26. The zero-order chi connectivity index (χ0) is 23.4. The van der Waals surface area contributed by atoms with Crippen molar-refractivity contribution in [3.63, 3.8) is 0 Å². The van der Waals surface area contributed by atoms with Crippen molar-refractivity contribution in [2.24, 2.45) is 0 Å². The molecule has 170 valence electrons. The number of anilines is 2. The fourth-order valence-electron chi connectivity index (χ4n) is 3.95. The first-order valence-corrected chi connectivity index (χ1v) is 12.4. The van der Waals surface area contributed by atoms with E-state index in [4.69, 9.17) is 0 Å². The highest BCUT2D eigenvalue weighted by Crippen LogP contribution is 2.25. The van der Waals surface area contributed by atoms with Crippen LogP contribution >= 0.6 is 0 Å². The average Bonchev–Trinajstić information content (AvgIpc) is 3.28. The Morgan fingerprint density at radius 1 is 0.879 bits per heavy atom. The van der Waals surface area contributed by atoms with Crippen molar-refractivity contribution >= 4 is 33.1 Å². The number of carbonyl (C=O) groups excluding carboxylic acids is 2. The maximum absolute atomic E-state index is 12.6. The van der Waals surface area contributed by atoms with Gasteiger partial charge < -0.3 is 5.32 Å². The largest absolute Gasteiger partial charge is 0.326 e. The number of nitrogens with one attached hydrogen (secondary N) is 2. The Morgan fingerprint density at radius 3 is 2.42 bits per heavy atom. The summed E-state index contributed by atoms with van der Waals surface area (Å²) in [5.41, 5.74) is 4.75. The van der Waals surface area contributed by atoms with E-state index in [0.29, 0.717) is 16.9 Å². The average molecular weight is 463 g/mol. The number of Topliss-reactive ketones (excluding diaryl/α,β-unsaturated/α-hetero) is 1. The lowest BCUT2D eigenvalue weighted by Crippen LogP contribution is -2.16. The molecule has 2 N–H and O–H groups in total. The summed E-state index contributed by atoms with van der Waals surface area (Å²) in [5, 5.41) is 2.76. The minimum absolute atomic E-state index is 0.0505. The third-order valence-corrected chi connectivity index (χ3v) is 7.20. The molecule has 7 heteroatoms.